The van der Waals surface area contributed by atoms with Crippen LogP contribution in [0.2, 0.25) is 0 Å². The number of hydrogen-bond acceptors (Lipinski definition) is 3. The fraction of sp³-hybridized carbons (Fsp3) is 0.524. The minimum Gasteiger partial charge on any atom is -0.372 e. The number of anilines is 1. The Bertz CT molecular complexity index is 690. The molecule has 1 aliphatic heterocycles. The summed E-state index contributed by atoms with van der Waals surface area (Å²) >= 11 is 0. The Hall–Kier alpha value is -2.28. The first-order valence-corrected chi connectivity index (χ1v) is 9.45. The Morgan fingerprint density at radius 3 is 2.56 bits per heavy atom. The van der Waals surface area contributed by atoms with Gasteiger partial charge in [-0.1, -0.05) is 25.3 Å². The maximum atomic E-state index is 12.4. The second-order valence-corrected chi connectivity index (χ2v) is 7.21. The number of nitrogens with zero attached hydrogens (tertiary/aromatic N) is 2. The zero-order valence-electron chi connectivity index (χ0n) is 15.1. The molecule has 0 radical (unpaired) electrons. The standard InChI is InChI=1S/C21H27N3O/c1-16-13-20(24-11-5-6-12-24)10-9-17(16)14-18(15-22)21(25)23-19-7-3-2-4-8-19/h9-10,13-14,19H,2-8,11-12H2,1H3,(H,23,25). The molecular formula is C21H27N3O. The number of amides is 1. The number of nitrogens with one attached hydrogen (secondary N) is 1. The van der Waals surface area contributed by atoms with Crippen LogP contribution in [-0.2, 0) is 4.79 Å². The first-order chi connectivity index (χ1) is 12.2. The smallest absolute Gasteiger partial charge is 0.262 e. The zero-order valence-corrected chi connectivity index (χ0v) is 15.1. The van der Waals surface area contributed by atoms with Crippen molar-refractivity contribution in [2.45, 2.75) is 57.9 Å². The minimum absolute atomic E-state index is 0.197. The Labute approximate surface area is 150 Å². The summed E-state index contributed by atoms with van der Waals surface area (Å²) in [5.41, 5.74) is 3.47. The van der Waals surface area contributed by atoms with Crippen LogP contribution in [-0.4, -0.2) is 25.0 Å². The van der Waals surface area contributed by atoms with E-state index in [0.717, 1.165) is 49.9 Å². The van der Waals surface area contributed by atoms with Gasteiger partial charge in [0, 0.05) is 24.8 Å². The van der Waals surface area contributed by atoms with Crippen LogP contribution >= 0.6 is 0 Å². The van der Waals surface area contributed by atoms with E-state index in [2.05, 4.69) is 28.4 Å². The number of benzene rings is 1. The highest BCUT2D eigenvalue weighted by molar-refractivity contribution is 6.02. The highest BCUT2D eigenvalue weighted by Gasteiger charge is 2.18. The van der Waals surface area contributed by atoms with Crippen molar-refractivity contribution in [3.05, 3.63) is 34.9 Å². The summed E-state index contributed by atoms with van der Waals surface area (Å²) in [7, 11) is 0. The van der Waals surface area contributed by atoms with Crippen LogP contribution in [0.4, 0.5) is 5.69 Å². The van der Waals surface area contributed by atoms with Crippen LogP contribution in [0.3, 0.4) is 0 Å². The number of hydrogen-bond donors (Lipinski definition) is 1. The molecule has 0 bridgehead atoms. The molecule has 0 aromatic heterocycles. The molecule has 1 saturated heterocycles. The van der Waals surface area contributed by atoms with Gasteiger partial charge in [-0.05, 0) is 61.9 Å². The molecule has 4 nitrogen and oxygen atoms in total. The molecule has 0 unspecified atom stereocenters. The van der Waals surface area contributed by atoms with E-state index < -0.39 is 0 Å². The lowest BCUT2D eigenvalue weighted by Crippen LogP contribution is -2.36. The van der Waals surface area contributed by atoms with Gasteiger partial charge in [0.25, 0.3) is 5.91 Å². The molecular weight excluding hydrogens is 310 g/mol. The van der Waals surface area contributed by atoms with Gasteiger partial charge in [0.15, 0.2) is 0 Å². The lowest BCUT2D eigenvalue weighted by molar-refractivity contribution is -0.117. The third kappa shape index (κ3) is 4.42. The highest BCUT2D eigenvalue weighted by atomic mass is 16.1. The average molecular weight is 337 g/mol. The van der Waals surface area contributed by atoms with Crippen molar-refractivity contribution in [1.29, 1.82) is 5.26 Å². The SMILES string of the molecule is Cc1cc(N2CCCC2)ccc1C=C(C#N)C(=O)NC1CCCCC1. The maximum Gasteiger partial charge on any atom is 0.262 e. The third-order valence-electron chi connectivity index (χ3n) is 5.33. The minimum atomic E-state index is -0.239. The van der Waals surface area contributed by atoms with Gasteiger partial charge in [-0.2, -0.15) is 5.26 Å². The van der Waals surface area contributed by atoms with Gasteiger partial charge in [-0.3, -0.25) is 4.79 Å². The van der Waals surface area contributed by atoms with Crippen molar-refractivity contribution in [3.8, 4) is 6.07 Å². The predicted molar refractivity (Wildman–Crippen MR) is 101 cm³/mol. The first-order valence-electron chi connectivity index (χ1n) is 9.45. The van der Waals surface area contributed by atoms with Gasteiger partial charge in [0.05, 0.1) is 0 Å². The van der Waals surface area contributed by atoms with Gasteiger partial charge in [-0.25, -0.2) is 0 Å². The van der Waals surface area contributed by atoms with Gasteiger partial charge in [0.2, 0.25) is 0 Å². The van der Waals surface area contributed by atoms with E-state index in [4.69, 9.17) is 0 Å². The van der Waals surface area contributed by atoms with Gasteiger partial charge in [-0.15, -0.1) is 0 Å². The summed E-state index contributed by atoms with van der Waals surface area (Å²) in [5.74, 6) is -0.239. The molecule has 2 aliphatic rings. The van der Waals surface area contributed by atoms with Crippen LogP contribution in [0, 0.1) is 18.3 Å². The molecule has 1 saturated carbocycles. The Morgan fingerprint density at radius 2 is 1.92 bits per heavy atom. The number of carbonyl (C=O) groups is 1. The molecule has 1 heterocycles. The second-order valence-electron chi connectivity index (χ2n) is 7.21. The van der Waals surface area contributed by atoms with Gasteiger partial charge >= 0.3 is 0 Å². The molecule has 1 aromatic rings. The quantitative estimate of drug-likeness (QED) is 0.668. The maximum absolute atomic E-state index is 12.4. The lowest BCUT2D eigenvalue weighted by Gasteiger charge is -2.22. The molecule has 1 aromatic carbocycles. The van der Waals surface area contributed by atoms with Crippen molar-refractivity contribution < 1.29 is 4.79 Å². The van der Waals surface area contributed by atoms with Crippen molar-refractivity contribution in [2.75, 3.05) is 18.0 Å². The molecule has 0 spiro atoms. The second kappa shape index (κ2) is 8.20. The Kier molecular flexibility index (Phi) is 5.75. The van der Waals surface area contributed by atoms with E-state index in [1.807, 2.05) is 13.0 Å². The van der Waals surface area contributed by atoms with Crippen LogP contribution < -0.4 is 10.2 Å². The van der Waals surface area contributed by atoms with Crippen molar-refractivity contribution in [1.82, 2.24) is 5.32 Å². The van der Waals surface area contributed by atoms with E-state index in [1.54, 1.807) is 6.08 Å². The zero-order chi connectivity index (χ0) is 17.6. The Balaban J connectivity index is 1.72. The van der Waals surface area contributed by atoms with E-state index in [9.17, 15) is 10.1 Å². The van der Waals surface area contributed by atoms with Crippen LogP contribution in [0.5, 0.6) is 0 Å². The number of carbonyl (C=O) groups excluding carboxylic acids is 1. The van der Waals surface area contributed by atoms with E-state index in [-0.39, 0.29) is 17.5 Å². The highest BCUT2D eigenvalue weighted by Crippen LogP contribution is 2.24. The summed E-state index contributed by atoms with van der Waals surface area (Å²) in [5, 5.41) is 12.4. The molecule has 132 valence electrons. The topological polar surface area (TPSA) is 56.1 Å². The summed E-state index contributed by atoms with van der Waals surface area (Å²) < 4.78 is 0. The largest absolute Gasteiger partial charge is 0.372 e. The number of nitriles is 1. The van der Waals surface area contributed by atoms with Crippen LogP contribution in [0.1, 0.15) is 56.1 Å². The van der Waals surface area contributed by atoms with Crippen molar-refractivity contribution in [3.63, 3.8) is 0 Å². The van der Waals surface area contributed by atoms with E-state index >= 15 is 0 Å². The molecule has 1 aliphatic carbocycles. The number of rotatable bonds is 4. The molecule has 3 rings (SSSR count). The Morgan fingerprint density at radius 1 is 1.20 bits per heavy atom. The van der Waals surface area contributed by atoms with Gasteiger partial charge in [0.1, 0.15) is 11.6 Å². The summed E-state index contributed by atoms with van der Waals surface area (Å²) in [4.78, 5) is 14.8. The molecule has 1 N–H and O–H groups in total. The molecule has 1 amide bonds. The monoisotopic (exact) mass is 337 g/mol. The van der Waals surface area contributed by atoms with Crippen molar-refractivity contribution in [2.24, 2.45) is 0 Å². The summed E-state index contributed by atoms with van der Waals surface area (Å²) in [6.45, 7) is 4.27. The lowest BCUT2D eigenvalue weighted by atomic mass is 9.95. The fourth-order valence-electron chi connectivity index (χ4n) is 3.81. The van der Waals surface area contributed by atoms with E-state index in [1.165, 1.54) is 24.9 Å². The molecule has 0 atom stereocenters. The summed E-state index contributed by atoms with van der Waals surface area (Å²) in [6, 6.07) is 8.57. The summed E-state index contributed by atoms with van der Waals surface area (Å²) in [6.07, 6.45) is 9.83. The molecule has 2 fully saturated rings. The normalized spacial score (nSPS) is 18.9. The number of aryl methyl sites for hydroxylation is 1. The van der Waals surface area contributed by atoms with Crippen LogP contribution in [0.25, 0.3) is 6.08 Å². The predicted octanol–water partition coefficient (Wildman–Crippen LogP) is 3.95. The van der Waals surface area contributed by atoms with Crippen LogP contribution in [0.15, 0.2) is 23.8 Å². The first kappa shape index (κ1) is 17.5. The fourth-order valence-corrected chi connectivity index (χ4v) is 3.81. The molecule has 4 heteroatoms. The average Bonchev–Trinajstić information content (AvgIpc) is 3.16. The third-order valence-corrected chi connectivity index (χ3v) is 5.33. The molecule has 25 heavy (non-hydrogen) atoms. The van der Waals surface area contributed by atoms with E-state index in [0.29, 0.717) is 0 Å². The van der Waals surface area contributed by atoms with Gasteiger partial charge < -0.3 is 10.2 Å². The van der Waals surface area contributed by atoms with Crippen molar-refractivity contribution >= 4 is 17.7 Å².